The highest BCUT2D eigenvalue weighted by molar-refractivity contribution is 6.04. The molecule has 0 aliphatic carbocycles. The molecule has 0 amide bonds. The van der Waals surface area contributed by atoms with Gasteiger partial charge < -0.3 is 10.5 Å². The number of nitrogens with zero attached hydrogens (tertiary/aromatic N) is 2. The second-order valence-corrected chi connectivity index (χ2v) is 5.74. The van der Waals surface area contributed by atoms with Crippen molar-refractivity contribution < 1.29 is 4.74 Å². The highest BCUT2D eigenvalue weighted by atomic mass is 16.5. The van der Waals surface area contributed by atoms with Crippen LogP contribution in [0.3, 0.4) is 0 Å². The van der Waals surface area contributed by atoms with Crippen LogP contribution in [0.4, 0.5) is 5.82 Å². The van der Waals surface area contributed by atoms with E-state index in [1.54, 1.807) is 7.11 Å². The molecule has 0 atom stereocenters. The molecular weight excluding hydrogens is 298 g/mol. The molecule has 24 heavy (non-hydrogen) atoms. The standard InChI is InChI=1S/C20H17N3O/c1-24-15-8-9-16-14(12-15)7-10-17-19(16)22-18(20(21)23-17)11-13-5-3-2-4-6-13/h2-10,12H,11H2,1H3,(H2,21,23). The van der Waals surface area contributed by atoms with Crippen molar-refractivity contribution in [3.05, 3.63) is 71.9 Å². The van der Waals surface area contributed by atoms with E-state index in [1.165, 1.54) is 5.56 Å². The van der Waals surface area contributed by atoms with E-state index in [0.29, 0.717) is 12.2 Å². The number of fused-ring (bicyclic) bond motifs is 3. The fourth-order valence-electron chi connectivity index (χ4n) is 2.92. The van der Waals surface area contributed by atoms with E-state index < -0.39 is 0 Å². The molecule has 0 aliphatic rings. The van der Waals surface area contributed by atoms with E-state index in [4.69, 9.17) is 15.5 Å². The topological polar surface area (TPSA) is 61.0 Å². The maximum absolute atomic E-state index is 6.13. The molecule has 0 bridgehead atoms. The molecule has 4 rings (SSSR count). The van der Waals surface area contributed by atoms with Gasteiger partial charge in [0.1, 0.15) is 11.6 Å². The molecule has 0 aliphatic heterocycles. The Morgan fingerprint density at radius 2 is 1.79 bits per heavy atom. The van der Waals surface area contributed by atoms with Gasteiger partial charge in [0.2, 0.25) is 0 Å². The van der Waals surface area contributed by atoms with Crippen molar-refractivity contribution in [1.29, 1.82) is 0 Å². The van der Waals surface area contributed by atoms with Crippen LogP contribution >= 0.6 is 0 Å². The van der Waals surface area contributed by atoms with Crippen molar-refractivity contribution >= 4 is 27.6 Å². The van der Waals surface area contributed by atoms with Crippen LogP contribution in [0.1, 0.15) is 11.3 Å². The molecule has 2 N–H and O–H groups in total. The normalized spacial score (nSPS) is 11.0. The SMILES string of the molecule is COc1ccc2c(ccc3nc(N)c(Cc4ccccc4)nc32)c1. The van der Waals surface area contributed by atoms with E-state index in [-0.39, 0.29) is 0 Å². The zero-order valence-electron chi connectivity index (χ0n) is 13.4. The Morgan fingerprint density at radius 1 is 0.958 bits per heavy atom. The number of methoxy groups -OCH3 is 1. The van der Waals surface area contributed by atoms with Crippen LogP contribution in [0.15, 0.2) is 60.7 Å². The third-order valence-electron chi connectivity index (χ3n) is 4.17. The predicted octanol–water partition coefficient (Wildman–Crippen LogP) is 3.96. The highest BCUT2D eigenvalue weighted by Gasteiger charge is 2.10. The Bertz CT molecular complexity index is 1030. The number of hydrogen-bond acceptors (Lipinski definition) is 4. The molecule has 3 aromatic carbocycles. The van der Waals surface area contributed by atoms with Crippen LogP contribution in [0.25, 0.3) is 21.8 Å². The number of rotatable bonds is 3. The quantitative estimate of drug-likeness (QED) is 0.581. The molecule has 0 saturated heterocycles. The Balaban J connectivity index is 1.89. The zero-order chi connectivity index (χ0) is 16.5. The van der Waals surface area contributed by atoms with Gasteiger partial charge in [-0.15, -0.1) is 0 Å². The largest absolute Gasteiger partial charge is 0.497 e. The molecule has 1 heterocycles. The Kier molecular flexibility index (Phi) is 3.50. The van der Waals surface area contributed by atoms with Gasteiger partial charge in [-0.05, 0) is 35.2 Å². The van der Waals surface area contributed by atoms with Crippen LogP contribution in [0, 0.1) is 0 Å². The molecule has 1 aromatic heterocycles. The molecule has 4 heteroatoms. The lowest BCUT2D eigenvalue weighted by Crippen LogP contribution is -2.03. The first-order chi connectivity index (χ1) is 11.7. The Labute approximate surface area is 139 Å². The summed E-state index contributed by atoms with van der Waals surface area (Å²) < 4.78 is 5.30. The number of nitrogens with two attached hydrogens (primary N) is 1. The van der Waals surface area contributed by atoms with E-state index in [2.05, 4.69) is 17.1 Å². The van der Waals surface area contributed by atoms with E-state index >= 15 is 0 Å². The number of anilines is 1. The second kappa shape index (κ2) is 5.81. The molecule has 0 unspecified atom stereocenters. The van der Waals surface area contributed by atoms with Gasteiger partial charge in [0.25, 0.3) is 0 Å². The summed E-state index contributed by atoms with van der Waals surface area (Å²) in [4.78, 5) is 9.37. The average molecular weight is 315 g/mol. The average Bonchev–Trinajstić information content (AvgIpc) is 2.62. The first kappa shape index (κ1) is 14.5. The summed E-state index contributed by atoms with van der Waals surface area (Å²) >= 11 is 0. The van der Waals surface area contributed by atoms with Gasteiger partial charge in [-0.2, -0.15) is 0 Å². The maximum Gasteiger partial charge on any atom is 0.146 e. The van der Waals surface area contributed by atoms with Gasteiger partial charge in [-0.3, -0.25) is 0 Å². The summed E-state index contributed by atoms with van der Waals surface area (Å²) in [5.74, 6) is 1.31. The fourth-order valence-corrected chi connectivity index (χ4v) is 2.92. The first-order valence-electron chi connectivity index (χ1n) is 7.81. The smallest absolute Gasteiger partial charge is 0.146 e. The third-order valence-corrected chi connectivity index (χ3v) is 4.17. The molecule has 0 saturated carbocycles. The second-order valence-electron chi connectivity index (χ2n) is 5.74. The van der Waals surface area contributed by atoms with Crippen LogP contribution < -0.4 is 10.5 Å². The minimum Gasteiger partial charge on any atom is -0.497 e. The summed E-state index contributed by atoms with van der Waals surface area (Å²) in [6.45, 7) is 0. The van der Waals surface area contributed by atoms with Gasteiger partial charge in [-0.25, -0.2) is 9.97 Å². The highest BCUT2D eigenvalue weighted by Crippen LogP contribution is 2.28. The van der Waals surface area contributed by atoms with Gasteiger partial charge in [-0.1, -0.05) is 36.4 Å². The first-order valence-corrected chi connectivity index (χ1v) is 7.81. The Hall–Kier alpha value is -3.14. The van der Waals surface area contributed by atoms with Crippen LogP contribution in [0.2, 0.25) is 0 Å². The number of hydrogen-bond donors (Lipinski definition) is 1. The van der Waals surface area contributed by atoms with Crippen LogP contribution in [0.5, 0.6) is 5.75 Å². The molecule has 0 spiro atoms. The summed E-state index contributed by atoms with van der Waals surface area (Å²) in [5.41, 5.74) is 9.78. The van der Waals surface area contributed by atoms with Gasteiger partial charge in [0.15, 0.2) is 0 Å². The minimum absolute atomic E-state index is 0.485. The van der Waals surface area contributed by atoms with Crippen molar-refractivity contribution in [3.8, 4) is 5.75 Å². The molecular formula is C20H17N3O. The van der Waals surface area contributed by atoms with Crippen LogP contribution in [-0.2, 0) is 6.42 Å². The zero-order valence-corrected chi connectivity index (χ0v) is 13.4. The molecule has 0 fully saturated rings. The van der Waals surface area contributed by atoms with E-state index in [1.807, 2.05) is 48.5 Å². The van der Waals surface area contributed by atoms with Crippen molar-refractivity contribution in [2.24, 2.45) is 0 Å². The predicted molar refractivity (Wildman–Crippen MR) is 97.3 cm³/mol. The number of ether oxygens (including phenoxy) is 1. The van der Waals surface area contributed by atoms with Gasteiger partial charge >= 0.3 is 0 Å². The van der Waals surface area contributed by atoms with Crippen molar-refractivity contribution in [2.45, 2.75) is 6.42 Å². The van der Waals surface area contributed by atoms with E-state index in [9.17, 15) is 0 Å². The number of aromatic nitrogens is 2. The van der Waals surface area contributed by atoms with Crippen molar-refractivity contribution in [1.82, 2.24) is 9.97 Å². The fraction of sp³-hybridized carbons (Fsp3) is 0.100. The number of benzene rings is 3. The lowest BCUT2D eigenvalue weighted by Gasteiger charge is -2.09. The van der Waals surface area contributed by atoms with Gasteiger partial charge in [0, 0.05) is 11.8 Å². The molecule has 4 nitrogen and oxygen atoms in total. The molecule has 118 valence electrons. The van der Waals surface area contributed by atoms with Crippen molar-refractivity contribution in [3.63, 3.8) is 0 Å². The lowest BCUT2D eigenvalue weighted by molar-refractivity contribution is 0.415. The van der Waals surface area contributed by atoms with Crippen molar-refractivity contribution in [2.75, 3.05) is 12.8 Å². The van der Waals surface area contributed by atoms with E-state index in [0.717, 1.165) is 33.2 Å². The molecule has 0 radical (unpaired) electrons. The maximum atomic E-state index is 6.13. The monoisotopic (exact) mass is 315 g/mol. The molecule has 4 aromatic rings. The van der Waals surface area contributed by atoms with Crippen LogP contribution in [-0.4, -0.2) is 17.1 Å². The number of nitrogen functional groups attached to an aromatic ring is 1. The minimum atomic E-state index is 0.485. The van der Waals surface area contributed by atoms with Gasteiger partial charge in [0.05, 0.1) is 23.8 Å². The summed E-state index contributed by atoms with van der Waals surface area (Å²) in [7, 11) is 1.67. The summed E-state index contributed by atoms with van der Waals surface area (Å²) in [5, 5.41) is 2.13. The third kappa shape index (κ3) is 2.52. The lowest BCUT2D eigenvalue weighted by atomic mass is 10.1. The summed E-state index contributed by atoms with van der Waals surface area (Å²) in [6, 6.07) is 20.1. The summed E-state index contributed by atoms with van der Waals surface area (Å²) in [6.07, 6.45) is 0.669. The Morgan fingerprint density at radius 3 is 2.58 bits per heavy atom.